The van der Waals surface area contributed by atoms with Gasteiger partial charge in [-0.25, -0.2) is 4.39 Å². The Kier molecular flexibility index (Phi) is 6.09. The third-order valence-corrected chi connectivity index (χ3v) is 5.56. The fourth-order valence-corrected chi connectivity index (χ4v) is 4.05. The molecule has 2 aromatic rings. The van der Waals surface area contributed by atoms with Crippen LogP contribution in [0.3, 0.4) is 0 Å². The minimum Gasteiger partial charge on any atom is -0.322 e. The molecule has 1 amide bonds. The Bertz CT molecular complexity index is 959. The number of amides is 1. The van der Waals surface area contributed by atoms with Crippen molar-refractivity contribution >= 4 is 34.3 Å². The molecule has 0 spiro atoms. The number of hydrogen-bond acceptors (Lipinski definition) is 3. The lowest BCUT2D eigenvalue weighted by atomic mass is 9.98. The van der Waals surface area contributed by atoms with Crippen molar-refractivity contribution in [2.75, 3.05) is 31.5 Å². The predicted octanol–water partition coefficient (Wildman–Crippen LogP) is 4.48. The second-order valence-corrected chi connectivity index (χ2v) is 7.62. The Labute approximate surface area is 174 Å². The number of benzene rings is 2. The third kappa shape index (κ3) is 4.58. The van der Waals surface area contributed by atoms with Crippen LogP contribution < -0.4 is 16.0 Å². The van der Waals surface area contributed by atoms with Gasteiger partial charge in [0, 0.05) is 29.9 Å². The molecule has 0 bridgehead atoms. The van der Waals surface area contributed by atoms with Crippen LogP contribution >= 0.6 is 11.6 Å². The van der Waals surface area contributed by atoms with E-state index in [9.17, 15) is 9.18 Å². The number of nitrogens with one attached hydrogen (secondary N) is 3. The molecule has 29 heavy (non-hydrogen) atoms. The van der Waals surface area contributed by atoms with Crippen LogP contribution in [0, 0.1) is 5.82 Å². The first-order valence-corrected chi connectivity index (χ1v) is 10.2. The van der Waals surface area contributed by atoms with Gasteiger partial charge in [-0.3, -0.25) is 4.79 Å². The summed E-state index contributed by atoms with van der Waals surface area (Å²) in [4.78, 5) is 12.6. The zero-order chi connectivity index (χ0) is 20.2. The van der Waals surface area contributed by atoms with E-state index in [1.165, 1.54) is 11.6 Å². The molecule has 4 rings (SSSR count). The van der Waals surface area contributed by atoms with Gasteiger partial charge >= 0.3 is 0 Å². The Morgan fingerprint density at radius 3 is 2.21 bits per heavy atom. The van der Waals surface area contributed by atoms with Gasteiger partial charge in [-0.05, 0) is 66.9 Å². The summed E-state index contributed by atoms with van der Waals surface area (Å²) >= 11 is 6.34. The molecule has 2 aliphatic rings. The van der Waals surface area contributed by atoms with Crippen LogP contribution in [-0.2, 0) is 0 Å². The van der Waals surface area contributed by atoms with E-state index < -0.39 is 5.82 Å². The van der Waals surface area contributed by atoms with Crippen molar-refractivity contribution in [2.45, 2.75) is 12.8 Å². The van der Waals surface area contributed by atoms with E-state index in [0.29, 0.717) is 28.4 Å². The summed E-state index contributed by atoms with van der Waals surface area (Å²) in [7, 11) is 0. The van der Waals surface area contributed by atoms with E-state index >= 15 is 0 Å². The molecule has 3 N–H and O–H groups in total. The van der Waals surface area contributed by atoms with Crippen LogP contribution in [-0.4, -0.2) is 32.1 Å². The van der Waals surface area contributed by atoms with Gasteiger partial charge in [-0.15, -0.1) is 0 Å². The molecule has 0 atom stereocenters. The monoisotopic (exact) mass is 411 g/mol. The second kappa shape index (κ2) is 8.91. The minimum atomic E-state index is -0.422. The second-order valence-electron chi connectivity index (χ2n) is 7.21. The normalized spacial score (nSPS) is 16.8. The third-order valence-electron chi connectivity index (χ3n) is 5.27. The van der Waals surface area contributed by atoms with Crippen molar-refractivity contribution in [3.05, 3.63) is 76.1 Å². The Morgan fingerprint density at radius 1 is 0.966 bits per heavy atom. The Hall–Kier alpha value is -2.47. The summed E-state index contributed by atoms with van der Waals surface area (Å²) < 4.78 is 14.7. The summed E-state index contributed by atoms with van der Waals surface area (Å²) in [6.07, 6.45) is 5.82. The molecule has 150 valence electrons. The van der Waals surface area contributed by atoms with Crippen molar-refractivity contribution in [1.82, 2.24) is 10.6 Å². The van der Waals surface area contributed by atoms with Gasteiger partial charge in [0.15, 0.2) is 0 Å². The Morgan fingerprint density at radius 2 is 1.62 bits per heavy atom. The average molecular weight is 412 g/mol. The summed E-state index contributed by atoms with van der Waals surface area (Å²) in [5, 5.41) is 9.54. The van der Waals surface area contributed by atoms with E-state index in [1.807, 2.05) is 18.2 Å². The van der Waals surface area contributed by atoms with Crippen LogP contribution in [0.4, 0.5) is 10.1 Å². The minimum absolute atomic E-state index is 0.292. The molecule has 2 aliphatic heterocycles. The van der Waals surface area contributed by atoms with Crippen LogP contribution in [0.1, 0.15) is 34.3 Å². The van der Waals surface area contributed by atoms with E-state index in [2.05, 4.69) is 22.0 Å². The van der Waals surface area contributed by atoms with Crippen molar-refractivity contribution in [2.24, 2.45) is 0 Å². The van der Waals surface area contributed by atoms with E-state index in [1.54, 1.807) is 18.2 Å². The highest BCUT2D eigenvalue weighted by Crippen LogP contribution is 2.32. The average Bonchev–Trinajstić information content (AvgIpc) is 2.75. The number of anilines is 1. The van der Waals surface area contributed by atoms with Gasteiger partial charge in [0.1, 0.15) is 5.82 Å². The molecule has 0 saturated carbocycles. The van der Waals surface area contributed by atoms with E-state index in [4.69, 9.17) is 11.6 Å². The number of rotatable bonds is 4. The van der Waals surface area contributed by atoms with E-state index in [-0.39, 0.29) is 5.91 Å². The van der Waals surface area contributed by atoms with Gasteiger partial charge < -0.3 is 16.0 Å². The maximum absolute atomic E-state index is 14.7. The molecular weight excluding hydrogens is 389 g/mol. The van der Waals surface area contributed by atoms with Crippen LogP contribution in [0.5, 0.6) is 0 Å². The molecular formula is C23H23ClFN3O. The first-order valence-electron chi connectivity index (χ1n) is 9.82. The van der Waals surface area contributed by atoms with Crippen LogP contribution in [0.15, 0.2) is 48.6 Å². The maximum atomic E-state index is 14.7. The molecule has 2 aromatic carbocycles. The highest BCUT2D eigenvalue weighted by Gasteiger charge is 2.17. The van der Waals surface area contributed by atoms with Crippen molar-refractivity contribution in [3.8, 4) is 0 Å². The topological polar surface area (TPSA) is 53.2 Å². The summed E-state index contributed by atoms with van der Waals surface area (Å²) in [6, 6.07) is 10.4. The summed E-state index contributed by atoms with van der Waals surface area (Å²) in [5.41, 5.74) is 4.59. The van der Waals surface area contributed by atoms with Crippen molar-refractivity contribution in [3.63, 3.8) is 0 Å². The van der Waals surface area contributed by atoms with Gasteiger partial charge in [-0.2, -0.15) is 0 Å². The fourth-order valence-electron chi connectivity index (χ4n) is 3.73. The SMILES string of the molecule is O=C(Nc1cc(F)c(C2=CCNCC2)c(Cl)c1)c1ccc(C2=CCNCC2)cc1. The quantitative estimate of drug-likeness (QED) is 0.695. The maximum Gasteiger partial charge on any atom is 0.255 e. The van der Waals surface area contributed by atoms with E-state index in [0.717, 1.165) is 43.6 Å². The molecule has 0 radical (unpaired) electrons. The van der Waals surface area contributed by atoms with Gasteiger partial charge in [0.25, 0.3) is 5.91 Å². The molecule has 4 nitrogen and oxygen atoms in total. The zero-order valence-corrected chi connectivity index (χ0v) is 16.8. The number of carbonyl (C=O) groups is 1. The van der Waals surface area contributed by atoms with Crippen LogP contribution in [0.25, 0.3) is 11.1 Å². The molecule has 0 aromatic heterocycles. The highest BCUT2D eigenvalue weighted by molar-refractivity contribution is 6.32. The Balaban J connectivity index is 1.49. The number of halogens is 2. The lowest BCUT2D eigenvalue weighted by Crippen LogP contribution is -2.20. The molecule has 0 aliphatic carbocycles. The zero-order valence-electron chi connectivity index (χ0n) is 16.0. The van der Waals surface area contributed by atoms with Crippen molar-refractivity contribution in [1.29, 1.82) is 0 Å². The first-order chi connectivity index (χ1) is 14.1. The fraction of sp³-hybridized carbons (Fsp3) is 0.261. The molecule has 0 unspecified atom stereocenters. The van der Waals surface area contributed by atoms with Gasteiger partial charge in [-0.1, -0.05) is 35.9 Å². The molecule has 6 heteroatoms. The smallest absolute Gasteiger partial charge is 0.255 e. The standard InChI is InChI=1S/C23H23ClFN3O/c24-20-13-19(14-21(25)22(20)17-7-11-27-12-8-17)28-23(29)18-3-1-15(2-4-18)16-5-9-26-10-6-16/h1-5,7,13-14,26-27H,6,8-12H2,(H,28,29). The van der Waals surface area contributed by atoms with Crippen LogP contribution in [0.2, 0.25) is 5.02 Å². The predicted molar refractivity (Wildman–Crippen MR) is 117 cm³/mol. The lowest BCUT2D eigenvalue weighted by molar-refractivity contribution is 0.102. The van der Waals surface area contributed by atoms with Gasteiger partial charge in [0.2, 0.25) is 0 Å². The number of hydrogen-bond donors (Lipinski definition) is 3. The molecule has 0 saturated heterocycles. The summed E-state index contributed by atoms with van der Waals surface area (Å²) in [5.74, 6) is -0.714. The summed E-state index contributed by atoms with van der Waals surface area (Å²) in [6.45, 7) is 3.33. The van der Waals surface area contributed by atoms with Gasteiger partial charge in [0.05, 0.1) is 5.02 Å². The highest BCUT2D eigenvalue weighted by atomic mass is 35.5. The van der Waals surface area contributed by atoms with Crippen molar-refractivity contribution < 1.29 is 9.18 Å². The molecule has 0 fully saturated rings. The number of carbonyl (C=O) groups excluding carboxylic acids is 1. The lowest BCUT2D eigenvalue weighted by Gasteiger charge is -2.17. The largest absolute Gasteiger partial charge is 0.322 e. The first kappa shape index (κ1) is 19.8. The molecule has 2 heterocycles.